The lowest BCUT2D eigenvalue weighted by molar-refractivity contribution is 0.238. The molecule has 0 aliphatic carbocycles. The van der Waals surface area contributed by atoms with Crippen LogP contribution in [-0.4, -0.2) is 21.0 Å². The van der Waals surface area contributed by atoms with Crippen molar-refractivity contribution in [2.75, 3.05) is 6.54 Å². The van der Waals surface area contributed by atoms with E-state index in [4.69, 9.17) is 5.14 Å². The minimum Gasteiger partial charge on any atom is -0.338 e. The maximum Gasteiger partial charge on any atom is 0.315 e. The number of hydrogen-bond donors (Lipinski definition) is 3. The maximum absolute atomic E-state index is 11.9. The molecule has 124 valence electrons. The highest BCUT2D eigenvalue weighted by molar-refractivity contribution is 7.89. The van der Waals surface area contributed by atoms with Crippen LogP contribution in [0.5, 0.6) is 0 Å². The van der Waals surface area contributed by atoms with Crippen molar-refractivity contribution >= 4 is 27.4 Å². The van der Waals surface area contributed by atoms with Gasteiger partial charge in [0, 0.05) is 11.4 Å². The van der Waals surface area contributed by atoms with Gasteiger partial charge in [0.05, 0.1) is 10.9 Å². The van der Waals surface area contributed by atoms with E-state index in [1.165, 1.54) is 17.0 Å². The number of nitrogens with one attached hydrogen (secondary N) is 2. The molecule has 0 aliphatic heterocycles. The molecule has 0 saturated carbocycles. The molecule has 2 rings (SSSR count). The quantitative estimate of drug-likeness (QED) is 0.740. The lowest BCUT2D eigenvalue weighted by atomic mass is 10.1. The topological polar surface area (TPSA) is 101 Å². The molecule has 0 radical (unpaired) electrons. The van der Waals surface area contributed by atoms with Gasteiger partial charge in [0.25, 0.3) is 0 Å². The van der Waals surface area contributed by atoms with Crippen molar-refractivity contribution < 1.29 is 13.2 Å². The average molecular weight is 353 g/mol. The molecule has 0 saturated heterocycles. The van der Waals surface area contributed by atoms with Gasteiger partial charge in [0.1, 0.15) is 0 Å². The number of benzene rings is 1. The molecule has 2 aromatic rings. The van der Waals surface area contributed by atoms with Crippen LogP contribution in [0, 0.1) is 0 Å². The Bertz CT molecular complexity index is 758. The molecule has 0 spiro atoms. The van der Waals surface area contributed by atoms with Crippen LogP contribution in [-0.2, 0) is 16.4 Å². The molecule has 23 heavy (non-hydrogen) atoms. The van der Waals surface area contributed by atoms with Crippen LogP contribution < -0.4 is 15.8 Å². The zero-order valence-corrected chi connectivity index (χ0v) is 14.3. The number of amides is 2. The van der Waals surface area contributed by atoms with E-state index in [-0.39, 0.29) is 17.0 Å². The van der Waals surface area contributed by atoms with E-state index in [1.54, 1.807) is 30.4 Å². The van der Waals surface area contributed by atoms with Crippen molar-refractivity contribution in [2.45, 2.75) is 24.3 Å². The van der Waals surface area contributed by atoms with Gasteiger partial charge in [-0.15, -0.1) is 11.3 Å². The summed E-state index contributed by atoms with van der Waals surface area (Å²) in [5.74, 6) is 0. The summed E-state index contributed by atoms with van der Waals surface area (Å²) in [4.78, 5) is 13.1. The molecular formula is C15H19N3O3S2. The first-order valence-electron chi connectivity index (χ1n) is 7.06. The second-order valence-corrected chi connectivity index (χ2v) is 7.66. The predicted octanol–water partition coefficient (Wildman–Crippen LogP) is 2.00. The van der Waals surface area contributed by atoms with Gasteiger partial charge in [-0.2, -0.15) is 0 Å². The first kappa shape index (κ1) is 17.5. The largest absolute Gasteiger partial charge is 0.338 e. The molecule has 1 atom stereocenters. The fraction of sp³-hybridized carbons (Fsp3) is 0.267. The highest BCUT2D eigenvalue weighted by Crippen LogP contribution is 2.16. The molecule has 4 N–H and O–H groups in total. The number of primary sulfonamides is 1. The monoisotopic (exact) mass is 353 g/mol. The Kier molecular flexibility index (Phi) is 5.75. The molecule has 1 aromatic carbocycles. The van der Waals surface area contributed by atoms with E-state index < -0.39 is 10.0 Å². The van der Waals surface area contributed by atoms with Gasteiger partial charge >= 0.3 is 6.03 Å². The van der Waals surface area contributed by atoms with E-state index in [1.807, 2.05) is 17.5 Å². The van der Waals surface area contributed by atoms with Gasteiger partial charge in [-0.1, -0.05) is 18.2 Å². The third-order valence-corrected chi connectivity index (χ3v) is 5.12. The molecular weight excluding hydrogens is 334 g/mol. The van der Waals surface area contributed by atoms with E-state index in [2.05, 4.69) is 10.6 Å². The number of urea groups is 1. The molecule has 6 nitrogen and oxygen atoms in total. The third kappa shape index (κ3) is 5.34. The van der Waals surface area contributed by atoms with E-state index in [9.17, 15) is 13.2 Å². The Morgan fingerprint density at radius 1 is 1.30 bits per heavy atom. The number of sulfonamides is 1. The highest BCUT2D eigenvalue weighted by Gasteiger charge is 2.13. The summed E-state index contributed by atoms with van der Waals surface area (Å²) in [6, 6.07) is 9.59. The SMILES string of the molecule is CC(NC(=O)NCCc1cccs1)c1cccc(S(N)(=O)=O)c1. The standard InChI is InChI=1S/C15H19N3O3S2/c1-11(12-4-2-6-14(10-12)23(16,20)21)18-15(19)17-8-7-13-5-3-9-22-13/h2-6,9-11H,7-8H2,1H3,(H2,16,20,21)(H2,17,18,19). The Hall–Kier alpha value is -1.90. The van der Waals surface area contributed by atoms with Gasteiger partial charge < -0.3 is 10.6 Å². The van der Waals surface area contributed by atoms with E-state index >= 15 is 0 Å². The molecule has 2 amide bonds. The van der Waals surface area contributed by atoms with Crippen molar-refractivity contribution in [1.29, 1.82) is 0 Å². The number of carbonyl (C=O) groups excluding carboxylic acids is 1. The first-order chi connectivity index (χ1) is 10.9. The molecule has 1 unspecified atom stereocenters. The third-order valence-electron chi connectivity index (χ3n) is 3.27. The molecule has 0 bridgehead atoms. The predicted molar refractivity (Wildman–Crippen MR) is 90.8 cm³/mol. The smallest absolute Gasteiger partial charge is 0.315 e. The van der Waals surface area contributed by atoms with Crippen LogP contribution in [0.2, 0.25) is 0 Å². The number of thiophene rings is 1. The second kappa shape index (κ2) is 7.58. The van der Waals surface area contributed by atoms with E-state index in [0.717, 1.165) is 6.42 Å². The van der Waals surface area contributed by atoms with Gasteiger partial charge in [0.15, 0.2) is 0 Å². The lowest BCUT2D eigenvalue weighted by Gasteiger charge is -2.15. The molecule has 0 aliphatic rings. The Balaban J connectivity index is 1.88. The van der Waals surface area contributed by atoms with Crippen LogP contribution in [0.25, 0.3) is 0 Å². The minimum absolute atomic E-state index is 0.0294. The van der Waals surface area contributed by atoms with Crippen LogP contribution in [0.15, 0.2) is 46.7 Å². The van der Waals surface area contributed by atoms with Gasteiger partial charge in [-0.3, -0.25) is 0 Å². The Morgan fingerprint density at radius 2 is 2.09 bits per heavy atom. The van der Waals surface area contributed by atoms with Gasteiger partial charge in [-0.25, -0.2) is 18.4 Å². The minimum atomic E-state index is -3.75. The number of hydrogen-bond acceptors (Lipinski definition) is 4. The lowest BCUT2D eigenvalue weighted by Crippen LogP contribution is -2.38. The Labute approximate surface area is 139 Å². The van der Waals surface area contributed by atoms with Crippen LogP contribution in [0.4, 0.5) is 4.79 Å². The van der Waals surface area contributed by atoms with Crippen molar-refractivity contribution in [2.24, 2.45) is 5.14 Å². The summed E-state index contributed by atoms with van der Waals surface area (Å²) in [5, 5.41) is 12.7. The number of nitrogens with two attached hydrogens (primary N) is 1. The summed E-state index contributed by atoms with van der Waals surface area (Å²) >= 11 is 1.65. The summed E-state index contributed by atoms with van der Waals surface area (Å²) < 4.78 is 22.7. The first-order valence-corrected chi connectivity index (χ1v) is 9.48. The summed E-state index contributed by atoms with van der Waals surface area (Å²) in [5.41, 5.74) is 0.671. The van der Waals surface area contributed by atoms with Crippen molar-refractivity contribution in [3.8, 4) is 0 Å². The zero-order valence-electron chi connectivity index (χ0n) is 12.7. The van der Waals surface area contributed by atoms with Crippen molar-refractivity contribution in [1.82, 2.24) is 10.6 Å². The van der Waals surface area contributed by atoms with Gasteiger partial charge in [-0.05, 0) is 42.5 Å². The zero-order chi connectivity index (χ0) is 16.9. The maximum atomic E-state index is 11.9. The molecule has 0 fully saturated rings. The van der Waals surface area contributed by atoms with E-state index in [0.29, 0.717) is 12.1 Å². The second-order valence-electron chi connectivity index (χ2n) is 5.07. The van der Waals surface area contributed by atoms with Crippen molar-refractivity contribution in [3.05, 3.63) is 52.2 Å². The molecule has 1 heterocycles. The molecule has 1 aromatic heterocycles. The van der Waals surface area contributed by atoms with Crippen molar-refractivity contribution in [3.63, 3.8) is 0 Å². The van der Waals surface area contributed by atoms with Gasteiger partial charge in [0.2, 0.25) is 10.0 Å². The average Bonchev–Trinajstić information content (AvgIpc) is 2.99. The van der Waals surface area contributed by atoms with Crippen LogP contribution >= 0.6 is 11.3 Å². The fourth-order valence-electron chi connectivity index (χ4n) is 2.05. The summed E-state index contributed by atoms with van der Waals surface area (Å²) in [7, 11) is -3.75. The Morgan fingerprint density at radius 3 is 2.74 bits per heavy atom. The fourth-order valence-corrected chi connectivity index (χ4v) is 3.32. The summed E-state index contributed by atoms with van der Waals surface area (Å²) in [6.45, 7) is 2.32. The normalized spacial score (nSPS) is 12.6. The van der Waals surface area contributed by atoms with Crippen LogP contribution in [0.3, 0.4) is 0 Å². The van der Waals surface area contributed by atoms with Crippen LogP contribution in [0.1, 0.15) is 23.4 Å². The summed E-state index contributed by atoms with van der Waals surface area (Å²) in [6.07, 6.45) is 0.778. The number of rotatable bonds is 6. The number of carbonyl (C=O) groups is 1. The molecule has 8 heteroatoms. The highest BCUT2D eigenvalue weighted by atomic mass is 32.2.